The Morgan fingerprint density at radius 2 is 1.70 bits per heavy atom. The zero-order valence-corrected chi connectivity index (χ0v) is 14.1. The number of rotatable bonds is 5. The number of nitrogens with one attached hydrogen (secondary N) is 1. The van der Waals surface area contributed by atoms with Crippen molar-refractivity contribution >= 4 is 27.8 Å². The number of ether oxygens (including phenoxy) is 1. The highest BCUT2D eigenvalue weighted by atomic mass is 32.2. The van der Waals surface area contributed by atoms with Crippen LogP contribution in [0.15, 0.2) is 24.3 Å². The lowest BCUT2D eigenvalue weighted by Gasteiger charge is -2.20. The third kappa shape index (κ3) is 7.11. The van der Waals surface area contributed by atoms with E-state index >= 15 is 0 Å². The molecule has 0 aliphatic heterocycles. The minimum atomic E-state index is -3.86. The summed E-state index contributed by atoms with van der Waals surface area (Å²) in [4.78, 5) is 23.0. The molecule has 3 N–H and O–H groups in total. The molecule has 9 heteroatoms. The lowest BCUT2D eigenvalue weighted by molar-refractivity contribution is -0.124. The minimum Gasteiger partial charge on any atom is -0.444 e. The van der Waals surface area contributed by atoms with E-state index in [1.54, 1.807) is 20.8 Å². The van der Waals surface area contributed by atoms with Crippen LogP contribution in [0.2, 0.25) is 0 Å². The van der Waals surface area contributed by atoms with Gasteiger partial charge in [-0.05, 0) is 38.5 Å². The van der Waals surface area contributed by atoms with Gasteiger partial charge in [0.25, 0.3) is 16.0 Å². The van der Waals surface area contributed by atoms with E-state index in [2.05, 4.69) is 9.50 Å². The van der Waals surface area contributed by atoms with Crippen LogP contribution in [-0.2, 0) is 23.8 Å². The summed E-state index contributed by atoms with van der Waals surface area (Å²) in [7, 11) is -3.86. The molecule has 1 aromatic rings. The summed E-state index contributed by atoms with van der Waals surface area (Å²) in [6, 6.07) is 5.79. The molecular formula is C14H20N2O6S. The van der Waals surface area contributed by atoms with Gasteiger partial charge >= 0.3 is 6.09 Å². The zero-order chi connectivity index (χ0) is 17.8. The summed E-state index contributed by atoms with van der Waals surface area (Å²) in [5.74, 6) is -0.941. The summed E-state index contributed by atoms with van der Waals surface area (Å²) < 4.78 is 32.1. The molecule has 0 radical (unpaired) electrons. The van der Waals surface area contributed by atoms with E-state index in [1.807, 2.05) is 0 Å². The quantitative estimate of drug-likeness (QED) is 0.781. The molecule has 0 bridgehead atoms. The first-order valence-corrected chi connectivity index (χ1v) is 8.46. The van der Waals surface area contributed by atoms with Crippen LogP contribution >= 0.6 is 0 Å². The third-order valence-electron chi connectivity index (χ3n) is 2.39. The van der Waals surface area contributed by atoms with Crippen molar-refractivity contribution in [2.75, 3.05) is 11.6 Å². The molecule has 0 aromatic heterocycles. The van der Waals surface area contributed by atoms with Gasteiger partial charge in [-0.15, -0.1) is 0 Å². The molecule has 23 heavy (non-hydrogen) atoms. The molecule has 1 atom stereocenters. The molecule has 0 fully saturated rings. The molecule has 128 valence electrons. The number of primary amides is 1. The van der Waals surface area contributed by atoms with E-state index in [4.69, 9.17) is 10.5 Å². The van der Waals surface area contributed by atoms with E-state index in [1.165, 1.54) is 24.3 Å². The molecule has 0 saturated heterocycles. The number of carbonyl (C=O) groups is 2. The van der Waals surface area contributed by atoms with Crippen molar-refractivity contribution in [3.05, 3.63) is 29.8 Å². The molecule has 8 nitrogen and oxygen atoms in total. The van der Waals surface area contributed by atoms with Crippen molar-refractivity contribution < 1.29 is 26.9 Å². The molecule has 1 rings (SSSR count). The zero-order valence-electron chi connectivity index (χ0n) is 13.3. The third-order valence-corrected chi connectivity index (χ3v) is 2.93. The molecule has 2 amide bonds. The van der Waals surface area contributed by atoms with Gasteiger partial charge in [-0.1, -0.05) is 12.1 Å². The summed E-state index contributed by atoms with van der Waals surface area (Å²) in [6.45, 7) is 5.20. The van der Waals surface area contributed by atoms with Gasteiger partial charge in [0.05, 0.1) is 6.26 Å². The van der Waals surface area contributed by atoms with E-state index in [0.717, 1.165) is 6.26 Å². The van der Waals surface area contributed by atoms with Gasteiger partial charge in [-0.2, -0.15) is 8.42 Å². The van der Waals surface area contributed by atoms with Crippen LogP contribution in [0.4, 0.5) is 10.5 Å². The Morgan fingerprint density at radius 3 is 2.09 bits per heavy atom. The molecule has 0 saturated carbocycles. The molecule has 0 heterocycles. The van der Waals surface area contributed by atoms with Crippen molar-refractivity contribution in [1.29, 1.82) is 0 Å². The van der Waals surface area contributed by atoms with Crippen LogP contribution in [-0.4, -0.2) is 32.3 Å². The van der Waals surface area contributed by atoms with Crippen LogP contribution < -0.4 is 11.1 Å². The minimum absolute atomic E-state index is 0.248. The van der Waals surface area contributed by atoms with Gasteiger partial charge in [0.1, 0.15) is 5.60 Å². The monoisotopic (exact) mass is 344 g/mol. The van der Waals surface area contributed by atoms with Gasteiger partial charge in [0.15, 0.2) is 6.10 Å². The van der Waals surface area contributed by atoms with Crippen molar-refractivity contribution in [1.82, 2.24) is 0 Å². The Labute approximate surface area is 135 Å². The summed E-state index contributed by atoms with van der Waals surface area (Å²) in [6.07, 6.45) is -1.24. The topological polar surface area (TPSA) is 125 Å². The summed E-state index contributed by atoms with van der Waals surface area (Å²) >= 11 is 0. The normalized spacial score (nSPS) is 13.2. The Bertz CT molecular complexity index is 676. The first-order valence-electron chi connectivity index (χ1n) is 6.65. The number of amides is 2. The number of benzene rings is 1. The van der Waals surface area contributed by atoms with Crippen LogP contribution in [0.3, 0.4) is 0 Å². The fourth-order valence-corrected chi connectivity index (χ4v) is 2.16. The predicted octanol–water partition coefficient (Wildman–Crippen LogP) is 1.54. The van der Waals surface area contributed by atoms with Crippen LogP contribution in [0.5, 0.6) is 0 Å². The van der Waals surface area contributed by atoms with Crippen molar-refractivity contribution in [2.45, 2.75) is 32.5 Å². The van der Waals surface area contributed by atoms with Crippen LogP contribution in [0, 0.1) is 0 Å². The molecular weight excluding hydrogens is 324 g/mol. The lowest BCUT2D eigenvalue weighted by atomic mass is 10.1. The maximum absolute atomic E-state index is 11.6. The highest BCUT2D eigenvalue weighted by Crippen LogP contribution is 2.21. The van der Waals surface area contributed by atoms with Gasteiger partial charge in [0.2, 0.25) is 0 Å². The van der Waals surface area contributed by atoms with Crippen molar-refractivity contribution in [2.24, 2.45) is 5.73 Å². The maximum atomic E-state index is 11.6. The molecule has 1 aromatic carbocycles. The summed E-state index contributed by atoms with van der Waals surface area (Å²) in [5, 5.41) is 2.51. The second kappa shape index (κ2) is 6.97. The van der Waals surface area contributed by atoms with Crippen LogP contribution in [0.25, 0.3) is 0 Å². The SMILES string of the molecule is CC(C)(C)OC(=O)Nc1ccc(C(OS(C)(=O)=O)C(N)=O)cc1. The fraction of sp³-hybridized carbons (Fsp3) is 0.429. The molecule has 0 aliphatic carbocycles. The number of hydrogen-bond acceptors (Lipinski definition) is 6. The lowest BCUT2D eigenvalue weighted by Crippen LogP contribution is -2.27. The average molecular weight is 344 g/mol. The van der Waals surface area contributed by atoms with Crippen molar-refractivity contribution in [3.8, 4) is 0 Å². The number of carbonyl (C=O) groups excluding carboxylic acids is 2. The Kier molecular flexibility index (Phi) is 5.73. The Morgan fingerprint density at radius 1 is 1.17 bits per heavy atom. The van der Waals surface area contributed by atoms with E-state index < -0.39 is 33.8 Å². The second-order valence-electron chi connectivity index (χ2n) is 5.83. The molecule has 0 aliphatic rings. The van der Waals surface area contributed by atoms with Crippen molar-refractivity contribution in [3.63, 3.8) is 0 Å². The Balaban J connectivity index is 2.86. The number of hydrogen-bond donors (Lipinski definition) is 2. The van der Waals surface area contributed by atoms with Crippen LogP contribution in [0.1, 0.15) is 32.4 Å². The Hall–Kier alpha value is -2.13. The predicted molar refractivity (Wildman–Crippen MR) is 84.2 cm³/mol. The number of nitrogens with two attached hydrogens (primary N) is 1. The molecule has 1 unspecified atom stereocenters. The average Bonchev–Trinajstić information content (AvgIpc) is 2.33. The maximum Gasteiger partial charge on any atom is 0.412 e. The first-order chi connectivity index (χ1) is 10.4. The molecule has 0 spiro atoms. The van der Waals surface area contributed by atoms with E-state index in [0.29, 0.717) is 5.69 Å². The van der Waals surface area contributed by atoms with Gasteiger partial charge in [0, 0.05) is 5.69 Å². The summed E-state index contributed by atoms with van der Waals surface area (Å²) in [5.41, 5.74) is 5.17. The second-order valence-corrected chi connectivity index (χ2v) is 7.43. The highest BCUT2D eigenvalue weighted by Gasteiger charge is 2.23. The fourth-order valence-electron chi connectivity index (χ4n) is 1.60. The standard InChI is InChI=1S/C14H20N2O6S/c1-14(2,3)21-13(18)16-10-7-5-9(6-8-10)11(12(15)17)22-23(4,19)20/h5-8,11H,1-4H3,(H2,15,17)(H,16,18). The van der Waals surface area contributed by atoms with E-state index in [9.17, 15) is 18.0 Å². The smallest absolute Gasteiger partial charge is 0.412 e. The number of anilines is 1. The van der Waals surface area contributed by atoms with Gasteiger partial charge in [-0.3, -0.25) is 14.3 Å². The first kappa shape index (κ1) is 18.9. The van der Waals surface area contributed by atoms with Gasteiger partial charge in [-0.25, -0.2) is 4.79 Å². The van der Waals surface area contributed by atoms with Gasteiger partial charge < -0.3 is 10.5 Å². The highest BCUT2D eigenvalue weighted by molar-refractivity contribution is 7.86. The largest absolute Gasteiger partial charge is 0.444 e. The van der Waals surface area contributed by atoms with E-state index in [-0.39, 0.29) is 5.56 Å².